The molecule has 0 saturated heterocycles. The number of aromatic nitrogens is 1. The van der Waals surface area contributed by atoms with Crippen LogP contribution in [0.4, 0.5) is 11.4 Å². The van der Waals surface area contributed by atoms with Crippen molar-refractivity contribution in [3.05, 3.63) is 40.7 Å². The van der Waals surface area contributed by atoms with E-state index >= 15 is 0 Å². The Hall–Kier alpha value is -2.21. The molecule has 0 aliphatic carbocycles. The van der Waals surface area contributed by atoms with Crippen LogP contribution in [0.2, 0.25) is 0 Å². The SMILES string of the molecule is CC(C)(O)C(C)(C)Nc1ccc([N+](=O)[O-])c2ccncc12. The first-order valence-electron chi connectivity index (χ1n) is 6.65. The molecule has 0 amide bonds. The minimum atomic E-state index is -0.969. The zero-order chi connectivity index (χ0) is 15.8. The fourth-order valence-corrected chi connectivity index (χ4v) is 1.93. The van der Waals surface area contributed by atoms with E-state index in [1.165, 1.54) is 12.3 Å². The van der Waals surface area contributed by atoms with E-state index in [-0.39, 0.29) is 5.69 Å². The predicted molar refractivity (Wildman–Crippen MR) is 82.4 cm³/mol. The van der Waals surface area contributed by atoms with Gasteiger partial charge in [-0.2, -0.15) is 0 Å². The van der Waals surface area contributed by atoms with Crippen LogP contribution in [0.25, 0.3) is 10.8 Å². The maximum Gasteiger partial charge on any atom is 0.277 e. The van der Waals surface area contributed by atoms with Crippen LogP contribution >= 0.6 is 0 Å². The highest BCUT2D eigenvalue weighted by molar-refractivity contribution is 5.99. The third kappa shape index (κ3) is 2.80. The average molecular weight is 289 g/mol. The van der Waals surface area contributed by atoms with Crippen LogP contribution in [0.1, 0.15) is 27.7 Å². The lowest BCUT2D eigenvalue weighted by molar-refractivity contribution is -0.383. The Balaban J connectivity index is 2.57. The minimum absolute atomic E-state index is 0.0408. The Bertz CT molecular complexity index is 690. The molecule has 1 aromatic heterocycles. The Morgan fingerprint density at radius 3 is 2.43 bits per heavy atom. The lowest BCUT2D eigenvalue weighted by Gasteiger charge is -2.39. The second-order valence-corrected chi connectivity index (χ2v) is 6.12. The van der Waals surface area contributed by atoms with E-state index in [9.17, 15) is 15.2 Å². The number of fused-ring (bicyclic) bond motifs is 1. The number of nitro groups is 1. The molecule has 0 unspecified atom stereocenters. The summed E-state index contributed by atoms with van der Waals surface area (Å²) in [5.74, 6) is 0. The largest absolute Gasteiger partial charge is 0.388 e. The molecule has 1 aromatic carbocycles. The number of non-ortho nitro benzene ring substituents is 1. The van der Waals surface area contributed by atoms with Gasteiger partial charge in [0, 0.05) is 29.5 Å². The first-order chi connectivity index (χ1) is 9.63. The summed E-state index contributed by atoms with van der Waals surface area (Å²) in [6, 6.07) is 4.73. The third-order valence-corrected chi connectivity index (χ3v) is 3.97. The van der Waals surface area contributed by atoms with Gasteiger partial charge in [0.15, 0.2) is 0 Å². The van der Waals surface area contributed by atoms with Crippen molar-refractivity contribution in [1.29, 1.82) is 0 Å². The number of aliphatic hydroxyl groups is 1. The Labute approximate surface area is 123 Å². The van der Waals surface area contributed by atoms with Gasteiger partial charge in [-0.3, -0.25) is 15.1 Å². The lowest BCUT2D eigenvalue weighted by Crippen LogP contribution is -2.51. The molecule has 6 heteroatoms. The van der Waals surface area contributed by atoms with Crippen LogP contribution in [0.3, 0.4) is 0 Å². The molecule has 0 aliphatic heterocycles. The summed E-state index contributed by atoms with van der Waals surface area (Å²) in [4.78, 5) is 14.7. The Morgan fingerprint density at radius 2 is 1.86 bits per heavy atom. The van der Waals surface area contributed by atoms with Crippen molar-refractivity contribution in [2.24, 2.45) is 0 Å². The molecule has 0 radical (unpaired) electrons. The zero-order valence-corrected chi connectivity index (χ0v) is 12.5. The average Bonchev–Trinajstić information content (AvgIpc) is 2.37. The number of rotatable bonds is 4. The van der Waals surface area contributed by atoms with Crippen LogP contribution in [0, 0.1) is 10.1 Å². The van der Waals surface area contributed by atoms with Gasteiger partial charge in [-0.05, 0) is 39.8 Å². The molecule has 2 N–H and O–H groups in total. The van der Waals surface area contributed by atoms with Crippen LogP contribution < -0.4 is 5.32 Å². The van der Waals surface area contributed by atoms with Crippen LogP contribution in [0.15, 0.2) is 30.6 Å². The van der Waals surface area contributed by atoms with E-state index in [4.69, 9.17) is 0 Å². The van der Waals surface area contributed by atoms with E-state index in [1.807, 2.05) is 13.8 Å². The number of benzene rings is 1. The van der Waals surface area contributed by atoms with E-state index in [0.717, 1.165) is 0 Å². The standard InChI is InChI=1S/C15H19N3O3/c1-14(2,15(3,4)19)17-12-5-6-13(18(20)21)10-7-8-16-9-11(10)12/h5-9,17,19H,1-4H3. The van der Waals surface area contributed by atoms with Gasteiger partial charge in [0.1, 0.15) is 0 Å². The van der Waals surface area contributed by atoms with Gasteiger partial charge in [-0.1, -0.05) is 0 Å². The molecule has 21 heavy (non-hydrogen) atoms. The molecular formula is C15H19N3O3. The molecule has 6 nitrogen and oxygen atoms in total. The maximum atomic E-state index is 11.1. The summed E-state index contributed by atoms with van der Waals surface area (Å²) in [6.07, 6.45) is 3.12. The monoisotopic (exact) mass is 289 g/mol. The zero-order valence-electron chi connectivity index (χ0n) is 12.5. The summed E-state index contributed by atoms with van der Waals surface area (Å²) < 4.78 is 0. The second kappa shape index (κ2) is 4.96. The number of hydrogen-bond acceptors (Lipinski definition) is 5. The molecule has 2 rings (SSSR count). The minimum Gasteiger partial charge on any atom is -0.388 e. The number of hydrogen-bond donors (Lipinski definition) is 2. The van der Waals surface area contributed by atoms with Crippen molar-refractivity contribution >= 4 is 22.1 Å². The van der Waals surface area contributed by atoms with Crippen molar-refractivity contribution in [3.63, 3.8) is 0 Å². The molecule has 0 bridgehead atoms. The predicted octanol–water partition coefficient (Wildman–Crippen LogP) is 3.10. The molecule has 0 fully saturated rings. The number of anilines is 1. The summed E-state index contributed by atoms with van der Waals surface area (Å²) in [7, 11) is 0. The van der Waals surface area contributed by atoms with Gasteiger partial charge in [0.2, 0.25) is 0 Å². The molecule has 0 atom stereocenters. The van der Waals surface area contributed by atoms with Gasteiger partial charge < -0.3 is 10.4 Å². The lowest BCUT2D eigenvalue weighted by atomic mass is 9.85. The summed E-state index contributed by atoms with van der Waals surface area (Å²) in [6.45, 7) is 7.17. The summed E-state index contributed by atoms with van der Waals surface area (Å²) in [5, 5.41) is 25.8. The first-order valence-corrected chi connectivity index (χ1v) is 6.65. The Kier molecular flexibility index (Phi) is 3.59. The third-order valence-electron chi connectivity index (χ3n) is 3.97. The van der Waals surface area contributed by atoms with E-state index in [1.54, 1.807) is 32.2 Å². The highest BCUT2D eigenvalue weighted by atomic mass is 16.6. The summed E-state index contributed by atoms with van der Waals surface area (Å²) in [5.41, 5.74) is -0.843. The molecule has 2 aromatic rings. The van der Waals surface area contributed by atoms with Gasteiger partial charge in [-0.25, -0.2) is 0 Å². The van der Waals surface area contributed by atoms with E-state index in [2.05, 4.69) is 10.3 Å². The van der Waals surface area contributed by atoms with Crippen molar-refractivity contribution in [1.82, 2.24) is 4.98 Å². The van der Waals surface area contributed by atoms with E-state index < -0.39 is 16.1 Å². The van der Waals surface area contributed by atoms with Crippen molar-refractivity contribution in [3.8, 4) is 0 Å². The number of nitrogens with one attached hydrogen (secondary N) is 1. The number of pyridine rings is 1. The molecular weight excluding hydrogens is 270 g/mol. The quantitative estimate of drug-likeness (QED) is 0.667. The topological polar surface area (TPSA) is 88.3 Å². The summed E-state index contributed by atoms with van der Waals surface area (Å²) >= 11 is 0. The smallest absolute Gasteiger partial charge is 0.277 e. The normalized spacial score (nSPS) is 12.4. The molecule has 0 spiro atoms. The first kappa shape index (κ1) is 15.2. The van der Waals surface area contributed by atoms with Gasteiger partial charge in [0.25, 0.3) is 5.69 Å². The Morgan fingerprint density at radius 1 is 1.19 bits per heavy atom. The second-order valence-electron chi connectivity index (χ2n) is 6.12. The highest BCUT2D eigenvalue weighted by Gasteiger charge is 2.35. The van der Waals surface area contributed by atoms with Crippen molar-refractivity contribution in [2.45, 2.75) is 38.8 Å². The molecule has 0 aliphatic rings. The maximum absolute atomic E-state index is 11.1. The highest BCUT2D eigenvalue weighted by Crippen LogP contribution is 2.34. The van der Waals surface area contributed by atoms with Crippen LogP contribution in [0.5, 0.6) is 0 Å². The van der Waals surface area contributed by atoms with Gasteiger partial charge >= 0.3 is 0 Å². The fraction of sp³-hybridized carbons (Fsp3) is 0.400. The molecule has 112 valence electrons. The van der Waals surface area contributed by atoms with Crippen LogP contribution in [-0.4, -0.2) is 26.2 Å². The van der Waals surface area contributed by atoms with Crippen LogP contribution in [-0.2, 0) is 0 Å². The van der Waals surface area contributed by atoms with E-state index in [0.29, 0.717) is 16.5 Å². The fourth-order valence-electron chi connectivity index (χ4n) is 1.93. The number of nitrogens with zero attached hydrogens (tertiary/aromatic N) is 2. The van der Waals surface area contributed by atoms with Gasteiger partial charge in [-0.15, -0.1) is 0 Å². The van der Waals surface area contributed by atoms with Crippen molar-refractivity contribution in [2.75, 3.05) is 5.32 Å². The molecule has 0 saturated carbocycles. The number of nitro benzene ring substituents is 1. The molecule has 1 heterocycles. The van der Waals surface area contributed by atoms with Gasteiger partial charge in [0.05, 0.1) is 21.4 Å². The van der Waals surface area contributed by atoms with Crippen molar-refractivity contribution < 1.29 is 10.0 Å².